The number of amides is 1. The number of carbonyl (C=O) groups excluding carboxylic acids is 1. The van der Waals surface area contributed by atoms with Crippen molar-refractivity contribution in [2.45, 2.75) is 18.9 Å². The molecule has 1 aliphatic heterocycles. The summed E-state index contributed by atoms with van der Waals surface area (Å²) in [7, 11) is 0. The van der Waals surface area contributed by atoms with E-state index in [1.165, 1.54) is 0 Å². The molecular formula is C15H20ClNO3. The van der Waals surface area contributed by atoms with E-state index >= 15 is 0 Å². The highest BCUT2D eigenvalue weighted by molar-refractivity contribution is 6.17. The summed E-state index contributed by atoms with van der Waals surface area (Å²) >= 11 is 5.59. The van der Waals surface area contributed by atoms with E-state index in [-0.39, 0.29) is 18.6 Å². The second kappa shape index (κ2) is 8.12. The topological polar surface area (TPSA) is 38.8 Å². The molecule has 1 aliphatic rings. The monoisotopic (exact) mass is 297 g/mol. The lowest BCUT2D eigenvalue weighted by Crippen LogP contribution is -2.43. The van der Waals surface area contributed by atoms with Crippen LogP contribution < -0.4 is 4.74 Å². The highest BCUT2D eigenvalue weighted by Crippen LogP contribution is 2.14. The normalized spacial score (nSPS) is 16.1. The van der Waals surface area contributed by atoms with Gasteiger partial charge in [-0.25, -0.2) is 0 Å². The minimum atomic E-state index is 0.0321. The molecule has 1 saturated heterocycles. The molecule has 1 fully saturated rings. The molecule has 0 aliphatic carbocycles. The number of alkyl halides is 1. The molecule has 0 saturated carbocycles. The van der Waals surface area contributed by atoms with E-state index in [4.69, 9.17) is 21.1 Å². The molecule has 1 heterocycles. The zero-order valence-electron chi connectivity index (χ0n) is 11.5. The molecule has 110 valence electrons. The van der Waals surface area contributed by atoms with Gasteiger partial charge in [-0.2, -0.15) is 0 Å². The smallest absolute Gasteiger partial charge is 0.260 e. The summed E-state index contributed by atoms with van der Waals surface area (Å²) in [6.07, 6.45) is 1.97. The Bertz CT molecular complexity index is 405. The highest BCUT2D eigenvalue weighted by atomic mass is 35.5. The van der Waals surface area contributed by atoms with Crippen molar-refractivity contribution in [1.82, 2.24) is 4.90 Å². The van der Waals surface area contributed by atoms with Gasteiger partial charge in [-0.3, -0.25) is 4.79 Å². The number of piperidine rings is 1. The number of nitrogens with zero attached hydrogens (tertiary/aromatic N) is 1. The Balaban J connectivity index is 1.69. The first-order valence-electron chi connectivity index (χ1n) is 6.93. The third kappa shape index (κ3) is 4.69. The molecule has 1 amide bonds. The lowest BCUT2D eigenvalue weighted by atomic mass is 10.1. The number of likely N-dealkylation sites (tertiary alicyclic amines) is 1. The molecule has 0 aromatic heterocycles. The van der Waals surface area contributed by atoms with Crippen molar-refractivity contribution in [3.63, 3.8) is 0 Å². The van der Waals surface area contributed by atoms with Crippen LogP contribution in [0, 0.1) is 0 Å². The van der Waals surface area contributed by atoms with Gasteiger partial charge in [-0.1, -0.05) is 18.2 Å². The number of ether oxygens (including phenoxy) is 2. The lowest BCUT2D eigenvalue weighted by Gasteiger charge is -2.31. The van der Waals surface area contributed by atoms with Crippen molar-refractivity contribution in [2.75, 3.05) is 32.2 Å². The van der Waals surface area contributed by atoms with E-state index in [1.54, 1.807) is 0 Å². The molecule has 5 heteroatoms. The van der Waals surface area contributed by atoms with Gasteiger partial charge >= 0.3 is 0 Å². The largest absolute Gasteiger partial charge is 0.484 e. The SMILES string of the molecule is O=C(COc1ccccc1)N1CCC(OCCCl)CC1. The van der Waals surface area contributed by atoms with E-state index < -0.39 is 0 Å². The van der Waals surface area contributed by atoms with Gasteiger partial charge in [0.15, 0.2) is 6.61 Å². The summed E-state index contributed by atoms with van der Waals surface area (Å²) in [6, 6.07) is 9.39. The van der Waals surface area contributed by atoms with Crippen molar-refractivity contribution in [2.24, 2.45) is 0 Å². The average Bonchev–Trinajstić information content (AvgIpc) is 2.52. The highest BCUT2D eigenvalue weighted by Gasteiger charge is 2.23. The Kier molecular flexibility index (Phi) is 6.15. The van der Waals surface area contributed by atoms with E-state index in [1.807, 2.05) is 35.2 Å². The fraction of sp³-hybridized carbons (Fsp3) is 0.533. The minimum Gasteiger partial charge on any atom is -0.484 e. The number of benzene rings is 1. The molecule has 2 rings (SSSR count). The molecule has 1 aromatic rings. The van der Waals surface area contributed by atoms with Crippen LogP contribution in [0.15, 0.2) is 30.3 Å². The average molecular weight is 298 g/mol. The zero-order valence-corrected chi connectivity index (χ0v) is 12.2. The Morgan fingerprint density at radius 2 is 1.95 bits per heavy atom. The fourth-order valence-electron chi connectivity index (χ4n) is 2.24. The first kappa shape index (κ1) is 15.1. The number of halogens is 1. The summed E-state index contributed by atoms with van der Waals surface area (Å²) in [4.78, 5) is 13.9. The fourth-order valence-corrected chi connectivity index (χ4v) is 2.33. The first-order chi connectivity index (χ1) is 9.79. The molecule has 0 N–H and O–H groups in total. The summed E-state index contributed by atoms with van der Waals surface area (Å²) in [6.45, 7) is 2.13. The Morgan fingerprint density at radius 1 is 1.25 bits per heavy atom. The maximum Gasteiger partial charge on any atom is 0.260 e. The van der Waals surface area contributed by atoms with Gasteiger partial charge in [0.1, 0.15) is 5.75 Å². The van der Waals surface area contributed by atoms with E-state index in [0.29, 0.717) is 12.5 Å². The minimum absolute atomic E-state index is 0.0321. The predicted molar refractivity (Wildman–Crippen MR) is 78.2 cm³/mol. The van der Waals surface area contributed by atoms with Crippen molar-refractivity contribution < 1.29 is 14.3 Å². The molecule has 0 spiro atoms. The van der Waals surface area contributed by atoms with E-state index in [0.717, 1.165) is 31.7 Å². The predicted octanol–water partition coefficient (Wildman–Crippen LogP) is 2.31. The number of hydrogen-bond donors (Lipinski definition) is 0. The second-order valence-electron chi connectivity index (χ2n) is 4.74. The molecular weight excluding hydrogens is 278 g/mol. The van der Waals surface area contributed by atoms with Crippen LogP contribution in [-0.2, 0) is 9.53 Å². The maximum atomic E-state index is 12.0. The lowest BCUT2D eigenvalue weighted by molar-refractivity contribution is -0.135. The quantitative estimate of drug-likeness (QED) is 0.756. The summed E-state index contributed by atoms with van der Waals surface area (Å²) in [5.74, 6) is 1.27. The van der Waals surface area contributed by atoms with Crippen LogP contribution in [0.2, 0.25) is 0 Å². The van der Waals surface area contributed by atoms with Gasteiger partial charge in [0.25, 0.3) is 5.91 Å². The van der Waals surface area contributed by atoms with Crippen LogP contribution in [0.1, 0.15) is 12.8 Å². The van der Waals surface area contributed by atoms with Crippen LogP contribution in [0.4, 0.5) is 0 Å². The zero-order chi connectivity index (χ0) is 14.2. The molecule has 0 atom stereocenters. The van der Waals surface area contributed by atoms with Crippen LogP contribution in [0.5, 0.6) is 5.75 Å². The van der Waals surface area contributed by atoms with Crippen molar-refractivity contribution in [1.29, 1.82) is 0 Å². The summed E-state index contributed by atoms with van der Waals surface area (Å²) < 4.78 is 11.1. The van der Waals surface area contributed by atoms with Gasteiger partial charge in [0.05, 0.1) is 12.7 Å². The van der Waals surface area contributed by atoms with Gasteiger partial charge in [-0.05, 0) is 25.0 Å². The standard InChI is InChI=1S/C15H20ClNO3/c16-8-11-19-14-6-9-17(10-7-14)15(18)12-20-13-4-2-1-3-5-13/h1-5,14H,6-12H2. The molecule has 0 radical (unpaired) electrons. The number of hydrogen-bond acceptors (Lipinski definition) is 3. The Hall–Kier alpha value is -1.26. The van der Waals surface area contributed by atoms with Crippen molar-refractivity contribution in [3.05, 3.63) is 30.3 Å². The number of rotatable bonds is 6. The van der Waals surface area contributed by atoms with Crippen LogP contribution in [-0.4, -0.2) is 49.1 Å². The third-order valence-electron chi connectivity index (χ3n) is 3.33. The Labute approximate surface area is 124 Å². The molecule has 0 bridgehead atoms. The third-order valence-corrected chi connectivity index (χ3v) is 3.49. The van der Waals surface area contributed by atoms with Gasteiger partial charge in [0, 0.05) is 19.0 Å². The summed E-state index contributed by atoms with van der Waals surface area (Å²) in [5.41, 5.74) is 0. The van der Waals surface area contributed by atoms with Crippen molar-refractivity contribution in [3.8, 4) is 5.75 Å². The maximum absolute atomic E-state index is 12.0. The van der Waals surface area contributed by atoms with Crippen LogP contribution >= 0.6 is 11.6 Å². The molecule has 1 aromatic carbocycles. The molecule has 4 nitrogen and oxygen atoms in total. The van der Waals surface area contributed by atoms with E-state index in [9.17, 15) is 4.79 Å². The number of para-hydroxylation sites is 1. The van der Waals surface area contributed by atoms with Gasteiger partial charge < -0.3 is 14.4 Å². The molecule has 0 unspecified atom stereocenters. The van der Waals surface area contributed by atoms with Crippen LogP contribution in [0.3, 0.4) is 0 Å². The van der Waals surface area contributed by atoms with Gasteiger partial charge in [0.2, 0.25) is 0 Å². The summed E-state index contributed by atoms with van der Waals surface area (Å²) in [5, 5.41) is 0. The van der Waals surface area contributed by atoms with E-state index in [2.05, 4.69) is 0 Å². The second-order valence-corrected chi connectivity index (χ2v) is 5.12. The van der Waals surface area contributed by atoms with Crippen molar-refractivity contribution >= 4 is 17.5 Å². The van der Waals surface area contributed by atoms with Crippen LogP contribution in [0.25, 0.3) is 0 Å². The first-order valence-corrected chi connectivity index (χ1v) is 7.46. The number of carbonyl (C=O) groups is 1. The molecule has 20 heavy (non-hydrogen) atoms. The van der Waals surface area contributed by atoms with Gasteiger partial charge in [-0.15, -0.1) is 11.6 Å². The Morgan fingerprint density at radius 3 is 2.60 bits per heavy atom.